The molecule has 0 aliphatic carbocycles. The van der Waals surface area contributed by atoms with E-state index in [2.05, 4.69) is 57.8 Å². The van der Waals surface area contributed by atoms with Crippen LogP contribution in [0.4, 0.5) is 5.69 Å². The van der Waals surface area contributed by atoms with Crippen LogP contribution in [0.3, 0.4) is 0 Å². The molecule has 0 aliphatic rings. The van der Waals surface area contributed by atoms with Crippen LogP contribution in [0.2, 0.25) is 0 Å². The Balaban J connectivity index is 3.31. The Morgan fingerprint density at radius 2 is 1.60 bits per heavy atom. The molecule has 4 heteroatoms. The van der Waals surface area contributed by atoms with Crippen LogP contribution in [-0.4, -0.2) is 0 Å². The summed E-state index contributed by atoms with van der Waals surface area (Å²) in [6, 6.07) is 3.82. The zero-order valence-corrected chi connectivity index (χ0v) is 10.1. The van der Waals surface area contributed by atoms with Gasteiger partial charge >= 0.3 is 0 Å². The molecule has 0 aromatic heterocycles. The van der Waals surface area contributed by atoms with E-state index in [0.29, 0.717) is 0 Å². The molecule has 0 radical (unpaired) electrons. The van der Waals surface area contributed by atoms with Crippen LogP contribution in [0.5, 0.6) is 0 Å². The molecule has 1 aromatic rings. The zero-order valence-electron chi connectivity index (χ0n) is 4.94. The van der Waals surface area contributed by atoms with Gasteiger partial charge in [0.2, 0.25) is 0 Å². The van der Waals surface area contributed by atoms with Crippen LogP contribution in [0.1, 0.15) is 0 Å². The molecule has 10 heavy (non-hydrogen) atoms. The summed E-state index contributed by atoms with van der Waals surface area (Å²) in [7, 11) is 0. The van der Waals surface area contributed by atoms with Crippen molar-refractivity contribution in [2.45, 2.75) is 4.90 Å². The van der Waals surface area contributed by atoms with Crippen molar-refractivity contribution in [2.75, 3.05) is 5.73 Å². The lowest BCUT2D eigenvalue weighted by Gasteiger charge is -2.01. The summed E-state index contributed by atoms with van der Waals surface area (Å²) in [6.07, 6.45) is 0. The van der Waals surface area contributed by atoms with E-state index in [9.17, 15) is 0 Å². The van der Waals surface area contributed by atoms with Gasteiger partial charge in [-0.2, -0.15) is 0 Å². The molecule has 0 atom stereocenters. The van der Waals surface area contributed by atoms with E-state index < -0.39 is 0 Å². The maximum atomic E-state index is 5.58. The van der Waals surface area contributed by atoms with Gasteiger partial charge in [-0.05, 0) is 57.3 Å². The average molecular weight is 377 g/mol. The molecule has 0 spiro atoms. The monoisotopic (exact) mass is 377 g/mol. The van der Waals surface area contributed by atoms with Crippen molar-refractivity contribution in [3.63, 3.8) is 0 Å². The number of nitrogens with two attached hydrogens (primary N) is 1. The predicted octanol–water partition coefficient (Wildman–Crippen LogP) is 2.77. The predicted molar refractivity (Wildman–Crippen MR) is 63.5 cm³/mol. The molecule has 0 saturated heterocycles. The van der Waals surface area contributed by atoms with E-state index in [4.69, 9.17) is 5.73 Å². The van der Waals surface area contributed by atoms with Gasteiger partial charge < -0.3 is 5.73 Å². The molecular formula is C6H5I2NS. The smallest absolute Gasteiger partial charge is 0.0336 e. The van der Waals surface area contributed by atoms with E-state index >= 15 is 0 Å². The molecular weight excluding hydrogens is 372 g/mol. The maximum absolute atomic E-state index is 5.58. The zero-order chi connectivity index (χ0) is 7.72. The number of hydrogen-bond acceptors (Lipinski definition) is 2. The third-order valence-corrected chi connectivity index (χ3v) is 4.08. The van der Waals surface area contributed by atoms with Crippen LogP contribution in [0.15, 0.2) is 17.0 Å². The van der Waals surface area contributed by atoms with Gasteiger partial charge in [-0.15, -0.1) is 12.6 Å². The standard InChI is InChI=1S/C6H5I2NS/c7-4-1-3(9)2-5(8)6(4)10/h1-2,10H,9H2. The first-order valence-corrected chi connectivity index (χ1v) is 5.15. The fraction of sp³-hybridized carbons (Fsp3) is 0. The second-order valence-electron chi connectivity index (χ2n) is 1.83. The summed E-state index contributed by atoms with van der Waals surface area (Å²) >= 11 is 8.72. The number of anilines is 1. The van der Waals surface area contributed by atoms with Crippen molar-refractivity contribution >= 4 is 63.5 Å². The highest BCUT2D eigenvalue weighted by Crippen LogP contribution is 2.25. The minimum Gasteiger partial charge on any atom is -0.399 e. The minimum atomic E-state index is 0.798. The highest BCUT2D eigenvalue weighted by molar-refractivity contribution is 14.1. The summed E-state index contributed by atoms with van der Waals surface area (Å²) in [5, 5.41) is 0. The van der Waals surface area contributed by atoms with Crippen LogP contribution >= 0.6 is 57.8 Å². The van der Waals surface area contributed by atoms with E-state index in [1.165, 1.54) is 0 Å². The van der Waals surface area contributed by atoms with Crippen molar-refractivity contribution in [3.05, 3.63) is 19.3 Å². The van der Waals surface area contributed by atoms with Gasteiger partial charge in [0.25, 0.3) is 0 Å². The molecule has 2 N–H and O–H groups in total. The molecule has 0 amide bonds. The molecule has 1 aromatic carbocycles. The molecule has 0 bridgehead atoms. The Hall–Kier alpha value is 0.830. The third-order valence-electron chi connectivity index (χ3n) is 1.04. The third kappa shape index (κ3) is 1.91. The van der Waals surface area contributed by atoms with E-state index in [-0.39, 0.29) is 0 Å². The first-order chi connectivity index (χ1) is 4.61. The van der Waals surface area contributed by atoms with Crippen LogP contribution < -0.4 is 5.73 Å². The molecule has 54 valence electrons. The number of rotatable bonds is 0. The lowest BCUT2D eigenvalue weighted by Crippen LogP contribution is -1.88. The van der Waals surface area contributed by atoms with E-state index in [1.54, 1.807) is 0 Å². The maximum Gasteiger partial charge on any atom is 0.0336 e. The number of thiol groups is 1. The molecule has 1 rings (SSSR count). The van der Waals surface area contributed by atoms with Crippen LogP contribution in [0.25, 0.3) is 0 Å². The molecule has 0 aliphatic heterocycles. The van der Waals surface area contributed by atoms with E-state index in [1.807, 2.05) is 12.1 Å². The van der Waals surface area contributed by atoms with Gasteiger partial charge in [-0.25, -0.2) is 0 Å². The second kappa shape index (κ2) is 3.48. The van der Waals surface area contributed by atoms with Crippen molar-refractivity contribution in [3.8, 4) is 0 Å². The summed E-state index contributed by atoms with van der Waals surface area (Å²) in [6.45, 7) is 0. The average Bonchev–Trinajstić information content (AvgIpc) is 1.82. The van der Waals surface area contributed by atoms with Gasteiger partial charge in [0.15, 0.2) is 0 Å². The Morgan fingerprint density at radius 1 is 1.20 bits per heavy atom. The Morgan fingerprint density at radius 3 is 2.00 bits per heavy atom. The fourth-order valence-electron chi connectivity index (χ4n) is 0.585. The summed E-state index contributed by atoms with van der Waals surface area (Å²) in [5.41, 5.74) is 6.38. The summed E-state index contributed by atoms with van der Waals surface area (Å²) in [5.74, 6) is 0. The van der Waals surface area contributed by atoms with Crippen LogP contribution in [-0.2, 0) is 0 Å². The van der Waals surface area contributed by atoms with Gasteiger partial charge in [-0.3, -0.25) is 0 Å². The first kappa shape index (κ1) is 8.92. The highest BCUT2D eigenvalue weighted by atomic mass is 127. The molecule has 0 saturated carbocycles. The van der Waals surface area contributed by atoms with Crippen LogP contribution in [0, 0.1) is 7.14 Å². The van der Waals surface area contributed by atoms with Crippen molar-refractivity contribution < 1.29 is 0 Å². The van der Waals surface area contributed by atoms with Crippen molar-refractivity contribution in [2.24, 2.45) is 0 Å². The topological polar surface area (TPSA) is 26.0 Å². The number of hydrogen-bond donors (Lipinski definition) is 2. The molecule has 0 unspecified atom stereocenters. The highest BCUT2D eigenvalue weighted by Gasteiger charge is 2.00. The normalized spacial score (nSPS) is 9.90. The second-order valence-corrected chi connectivity index (χ2v) is 4.60. The molecule has 0 fully saturated rings. The Kier molecular flexibility index (Phi) is 3.11. The number of benzene rings is 1. The van der Waals surface area contributed by atoms with Gasteiger partial charge in [-0.1, -0.05) is 0 Å². The van der Waals surface area contributed by atoms with E-state index in [0.717, 1.165) is 17.7 Å². The minimum absolute atomic E-state index is 0.798. The van der Waals surface area contributed by atoms with Crippen molar-refractivity contribution in [1.82, 2.24) is 0 Å². The molecule has 1 nitrogen and oxygen atoms in total. The summed E-state index contributed by atoms with van der Waals surface area (Å²) < 4.78 is 2.20. The summed E-state index contributed by atoms with van der Waals surface area (Å²) in [4.78, 5) is 1.01. The largest absolute Gasteiger partial charge is 0.399 e. The Bertz CT molecular complexity index is 239. The quantitative estimate of drug-likeness (QED) is 0.406. The van der Waals surface area contributed by atoms with Gasteiger partial charge in [0.05, 0.1) is 0 Å². The molecule has 0 heterocycles. The Labute approximate surface area is 92.5 Å². The number of halogens is 2. The lowest BCUT2D eigenvalue weighted by atomic mass is 10.3. The fourth-order valence-corrected chi connectivity index (χ4v) is 2.53. The van der Waals surface area contributed by atoms with Gasteiger partial charge in [0, 0.05) is 17.7 Å². The van der Waals surface area contributed by atoms with Crippen molar-refractivity contribution in [1.29, 1.82) is 0 Å². The first-order valence-electron chi connectivity index (χ1n) is 2.54. The number of nitrogen functional groups attached to an aromatic ring is 1. The van der Waals surface area contributed by atoms with Gasteiger partial charge in [0.1, 0.15) is 0 Å². The SMILES string of the molecule is Nc1cc(I)c(S)c(I)c1. The lowest BCUT2D eigenvalue weighted by molar-refractivity contribution is 1.36.